The molecule has 0 aromatic heterocycles. The van der Waals surface area contributed by atoms with Crippen LogP contribution in [0.5, 0.6) is 0 Å². The van der Waals surface area contributed by atoms with Crippen LogP contribution < -0.4 is 5.32 Å². The van der Waals surface area contributed by atoms with E-state index in [9.17, 15) is 0 Å². The molecule has 0 spiro atoms. The van der Waals surface area contributed by atoms with Crippen molar-refractivity contribution in [2.75, 3.05) is 12.3 Å². The van der Waals surface area contributed by atoms with Gasteiger partial charge in [-0.25, -0.2) is 0 Å². The molecule has 0 aromatic carbocycles. The molecule has 42 valence electrons. The maximum absolute atomic E-state index is 9.05. The molecule has 0 saturated carbocycles. The van der Waals surface area contributed by atoms with E-state index in [4.69, 9.17) is 5.11 Å². The van der Waals surface area contributed by atoms with Gasteiger partial charge in [0.1, 0.15) is 0 Å². The molecule has 1 rings (SSSR count). The molecule has 1 aliphatic heterocycles. The normalized spacial score (nSPS) is 42.0. The van der Waals surface area contributed by atoms with Gasteiger partial charge in [-0.1, -0.05) is 0 Å². The van der Waals surface area contributed by atoms with Crippen LogP contribution in [0.1, 0.15) is 6.92 Å². The van der Waals surface area contributed by atoms with E-state index in [1.807, 2.05) is 0 Å². The summed E-state index contributed by atoms with van der Waals surface area (Å²) >= 11 is 1.54. The number of hydrogen-bond acceptors (Lipinski definition) is 3. The Morgan fingerprint density at radius 1 is 1.86 bits per heavy atom. The highest BCUT2D eigenvalue weighted by Crippen LogP contribution is 2.22. The van der Waals surface area contributed by atoms with E-state index >= 15 is 0 Å². The summed E-state index contributed by atoms with van der Waals surface area (Å²) in [6, 6.07) is 0. The molecular formula is C4H9NOS. The fourth-order valence-corrected chi connectivity index (χ4v) is 1.39. The zero-order valence-electron chi connectivity index (χ0n) is 4.27. The molecule has 2 nitrogen and oxygen atoms in total. The molecule has 0 amide bonds. The Morgan fingerprint density at radius 2 is 2.57 bits per heavy atom. The van der Waals surface area contributed by atoms with Gasteiger partial charge in [0, 0.05) is 12.3 Å². The van der Waals surface area contributed by atoms with Gasteiger partial charge in [0.15, 0.2) is 5.06 Å². The van der Waals surface area contributed by atoms with Gasteiger partial charge < -0.3 is 5.11 Å². The summed E-state index contributed by atoms with van der Waals surface area (Å²) in [7, 11) is 0. The number of aliphatic hydroxyl groups is 1. The van der Waals surface area contributed by atoms with Gasteiger partial charge in [0.2, 0.25) is 0 Å². The van der Waals surface area contributed by atoms with Crippen LogP contribution in [0.2, 0.25) is 0 Å². The van der Waals surface area contributed by atoms with Crippen molar-refractivity contribution in [1.82, 2.24) is 5.32 Å². The van der Waals surface area contributed by atoms with E-state index in [2.05, 4.69) is 5.32 Å². The molecule has 0 aliphatic carbocycles. The Labute approximate surface area is 47.3 Å². The molecule has 1 fully saturated rings. The topological polar surface area (TPSA) is 32.3 Å². The Kier molecular flexibility index (Phi) is 1.28. The van der Waals surface area contributed by atoms with E-state index in [1.165, 1.54) is 0 Å². The van der Waals surface area contributed by atoms with Gasteiger partial charge >= 0.3 is 0 Å². The van der Waals surface area contributed by atoms with Crippen molar-refractivity contribution >= 4 is 11.8 Å². The third-order valence-electron chi connectivity index (χ3n) is 0.938. The van der Waals surface area contributed by atoms with Crippen LogP contribution in [0.3, 0.4) is 0 Å². The van der Waals surface area contributed by atoms with Crippen LogP contribution in [-0.2, 0) is 0 Å². The summed E-state index contributed by atoms with van der Waals surface area (Å²) in [4.78, 5) is 0. The minimum atomic E-state index is -0.639. The Hall–Kier alpha value is 0.270. The summed E-state index contributed by atoms with van der Waals surface area (Å²) in [6.07, 6.45) is 0. The fourth-order valence-electron chi connectivity index (χ4n) is 0.584. The average molecular weight is 119 g/mol. The molecule has 1 atom stereocenters. The van der Waals surface area contributed by atoms with E-state index < -0.39 is 5.06 Å². The smallest absolute Gasteiger partial charge is 0.161 e. The second-order valence-electron chi connectivity index (χ2n) is 1.76. The van der Waals surface area contributed by atoms with Crippen molar-refractivity contribution in [1.29, 1.82) is 0 Å². The van der Waals surface area contributed by atoms with Gasteiger partial charge in [-0.15, -0.1) is 11.8 Å². The zero-order valence-corrected chi connectivity index (χ0v) is 5.09. The second-order valence-corrected chi connectivity index (χ2v) is 3.25. The maximum Gasteiger partial charge on any atom is 0.161 e. The third-order valence-corrected chi connectivity index (χ3v) is 2.05. The Balaban J connectivity index is 2.40. The molecule has 0 radical (unpaired) electrons. The molecule has 3 heteroatoms. The van der Waals surface area contributed by atoms with Crippen LogP contribution in [0, 0.1) is 0 Å². The molecule has 7 heavy (non-hydrogen) atoms. The first-order valence-electron chi connectivity index (χ1n) is 2.32. The van der Waals surface area contributed by atoms with Crippen molar-refractivity contribution in [3.8, 4) is 0 Å². The van der Waals surface area contributed by atoms with Crippen LogP contribution in [0.4, 0.5) is 0 Å². The van der Waals surface area contributed by atoms with Crippen molar-refractivity contribution in [2.45, 2.75) is 12.0 Å². The minimum absolute atomic E-state index is 0.639. The van der Waals surface area contributed by atoms with Crippen molar-refractivity contribution < 1.29 is 5.11 Å². The lowest BCUT2D eigenvalue weighted by molar-refractivity contribution is 0.130. The van der Waals surface area contributed by atoms with E-state index in [1.54, 1.807) is 18.7 Å². The number of thioether (sulfide) groups is 1. The highest BCUT2D eigenvalue weighted by atomic mass is 32.2. The maximum atomic E-state index is 9.05. The van der Waals surface area contributed by atoms with E-state index in [-0.39, 0.29) is 0 Å². The molecule has 1 unspecified atom stereocenters. The highest BCUT2D eigenvalue weighted by Gasteiger charge is 2.24. The van der Waals surface area contributed by atoms with E-state index in [0.717, 1.165) is 12.3 Å². The third kappa shape index (κ3) is 1.33. The minimum Gasteiger partial charge on any atom is -0.367 e. The highest BCUT2D eigenvalue weighted by molar-refractivity contribution is 8.00. The van der Waals surface area contributed by atoms with Crippen LogP contribution in [0.25, 0.3) is 0 Å². The SMILES string of the molecule is CC1(O)NCCS1. The van der Waals surface area contributed by atoms with Crippen molar-refractivity contribution in [3.05, 3.63) is 0 Å². The summed E-state index contributed by atoms with van der Waals surface area (Å²) in [5.41, 5.74) is 0. The fraction of sp³-hybridized carbons (Fsp3) is 1.00. The first kappa shape index (κ1) is 5.41. The molecule has 1 heterocycles. The summed E-state index contributed by atoms with van der Waals surface area (Å²) in [5.74, 6) is 1.02. The molecule has 2 N–H and O–H groups in total. The quantitative estimate of drug-likeness (QED) is 0.470. The summed E-state index contributed by atoms with van der Waals surface area (Å²) < 4.78 is 0. The van der Waals surface area contributed by atoms with Gasteiger partial charge in [0.05, 0.1) is 0 Å². The Bertz CT molecular complexity index is 66.1. The first-order chi connectivity index (χ1) is 3.21. The first-order valence-corrected chi connectivity index (χ1v) is 3.31. The van der Waals surface area contributed by atoms with Crippen molar-refractivity contribution in [3.63, 3.8) is 0 Å². The molecule has 0 aromatic rings. The average Bonchev–Trinajstić information content (AvgIpc) is 1.84. The van der Waals surface area contributed by atoms with Gasteiger partial charge in [-0.2, -0.15) is 0 Å². The number of nitrogens with one attached hydrogen (secondary N) is 1. The van der Waals surface area contributed by atoms with Gasteiger partial charge in [0.25, 0.3) is 0 Å². The zero-order chi connectivity index (χ0) is 5.33. The molecular weight excluding hydrogens is 110 g/mol. The predicted octanol–water partition coefficient (Wildman–Crippen LogP) is -0.0112. The predicted molar refractivity (Wildman–Crippen MR) is 31.1 cm³/mol. The molecule has 1 saturated heterocycles. The standard InChI is InChI=1S/C4H9NOS/c1-4(6)5-2-3-7-4/h5-6H,2-3H2,1H3. The van der Waals surface area contributed by atoms with Crippen molar-refractivity contribution in [2.24, 2.45) is 0 Å². The molecule has 0 bridgehead atoms. The van der Waals surface area contributed by atoms with Gasteiger partial charge in [-0.3, -0.25) is 5.32 Å². The molecule has 1 aliphatic rings. The lowest BCUT2D eigenvalue weighted by atomic mass is 10.6. The van der Waals surface area contributed by atoms with Gasteiger partial charge in [-0.05, 0) is 6.92 Å². The summed E-state index contributed by atoms with van der Waals surface area (Å²) in [6.45, 7) is 2.70. The van der Waals surface area contributed by atoms with Crippen LogP contribution >= 0.6 is 11.8 Å². The van der Waals surface area contributed by atoms with Crippen LogP contribution in [-0.4, -0.2) is 22.5 Å². The monoisotopic (exact) mass is 119 g/mol. The van der Waals surface area contributed by atoms with Crippen LogP contribution in [0.15, 0.2) is 0 Å². The lowest BCUT2D eigenvalue weighted by Crippen LogP contribution is -2.32. The largest absolute Gasteiger partial charge is 0.367 e. The lowest BCUT2D eigenvalue weighted by Gasteiger charge is -2.13. The summed E-state index contributed by atoms with van der Waals surface area (Å²) in [5, 5.41) is 11.3. The number of rotatable bonds is 0. The number of hydrogen-bond donors (Lipinski definition) is 2. The Morgan fingerprint density at radius 3 is 2.71 bits per heavy atom. The van der Waals surface area contributed by atoms with E-state index in [0.29, 0.717) is 0 Å². The second kappa shape index (κ2) is 1.65.